The maximum Gasteiger partial charge on any atom is 0.0714 e. The third-order valence-electron chi connectivity index (χ3n) is 15.6. The smallest absolute Gasteiger partial charge is 0.0714 e. The van der Waals surface area contributed by atoms with Crippen molar-refractivity contribution in [2.45, 2.75) is 57.8 Å². The normalized spacial score (nSPS) is 15.3. The molecule has 0 radical (unpaired) electrons. The molecule has 328 valence electrons. The Kier molecular flexibility index (Phi) is 9.61. The molecule has 0 spiro atoms. The molecule has 68 heavy (non-hydrogen) atoms. The SMILES string of the molecule is CC=CC(=CC)c1ccc(N(c2cccc(-c3ccccc3)c2)c2ccc3c(c2)C(c2ccc4c(c2)C(C)(C)c2ccccc2-4)(c2ccc4c(c2)C(C)(C)c2ccccc2-4)c2ccccc2-3)cc1. The van der Waals surface area contributed by atoms with E-state index in [2.05, 4.69) is 271 Å². The van der Waals surface area contributed by atoms with E-state index in [-0.39, 0.29) is 10.8 Å². The van der Waals surface area contributed by atoms with E-state index < -0.39 is 5.41 Å². The molecule has 0 atom stereocenters. The fourth-order valence-corrected chi connectivity index (χ4v) is 12.3. The lowest BCUT2D eigenvalue weighted by Crippen LogP contribution is -2.30. The maximum absolute atomic E-state index is 2.57. The van der Waals surface area contributed by atoms with E-state index in [0.717, 1.165) is 17.1 Å². The predicted molar refractivity (Wildman–Crippen MR) is 287 cm³/mol. The Morgan fingerprint density at radius 2 is 0.838 bits per heavy atom. The van der Waals surface area contributed by atoms with Gasteiger partial charge in [-0.25, -0.2) is 0 Å². The molecular weight excluding hydrogens is 819 g/mol. The second kappa shape index (κ2) is 15.7. The lowest BCUT2D eigenvalue weighted by molar-refractivity contribution is 0.651. The summed E-state index contributed by atoms with van der Waals surface area (Å²) in [6.45, 7) is 13.8. The molecule has 0 heterocycles. The van der Waals surface area contributed by atoms with Gasteiger partial charge in [0.05, 0.1) is 5.41 Å². The third-order valence-corrected chi connectivity index (χ3v) is 15.6. The van der Waals surface area contributed by atoms with Gasteiger partial charge in [0.1, 0.15) is 0 Å². The first-order valence-corrected chi connectivity index (χ1v) is 24.2. The fourth-order valence-electron chi connectivity index (χ4n) is 12.3. The van der Waals surface area contributed by atoms with Crippen molar-refractivity contribution in [3.8, 4) is 44.5 Å². The molecule has 3 aliphatic rings. The van der Waals surface area contributed by atoms with Crippen molar-refractivity contribution >= 4 is 22.6 Å². The van der Waals surface area contributed by atoms with Crippen molar-refractivity contribution in [3.05, 3.63) is 275 Å². The number of fused-ring (bicyclic) bond motifs is 9. The van der Waals surface area contributed by atoms with Gasteiger partial charge in [0.15, 0.2) is 0 Å². The summed E-state index contributed by atoms with van der Waals surface area (Å²) in [4.78, 5) is 2.46. The highest BCUT2D eigenvalue weighted by molar-refractivity contribution is 5.92. The molecule has 9 aromatic rings. The molecule has 0 unspecified atom stereocenters. The Morgan fingerprint density at radius 1 is 0.368 bits per heavy atom. The zero-order chi connectivity index (χ0) is 46.4. The van der Waals surface area contributed by atoms with Crippen LogP contribution in [0.5, 0.6) is 0 Å². The van der Waals surface area contributed by atoms with Gasteiger partial charge >= 0.3 is 0 Å². The van der Waals surface area contributed by atoms with Gasteiger partial charge in [0.25, 0.3) is 0 Å². The van der Waals surface area contributed by atoms with Crippen molar-refractivity contribution < 1.29 is 0 Å². The molecule has 9 aromatic carbocycles. The van der Waals surface area contributed by atoms with Crippen LogP contribution >= 0.6 is 0 Å². The van der Waals surface area contributed by atoms with E-state index >= 15 is 0 Å². The van der Waals surface area contributed by atoms with Crippen LogP contribution in [-0.4, -0.2) is 0 Å². The number of hydrogen-bond acceptors (Lipinski definition) is 1. The van der Waals surface area contributed by atoms with Gasteiger partial charge in [-0.1, -0.05) is 216 Å². The first-order chi connectivity index (χ1) is 33.1. The van der Waals surface area contributed by atoms with Gasteiger partial charge < -0.3 is 4.90 Å². The Hall–Kier alpha value is -7.74. The van der Waals surface area contributed by atoms with Crippen LogP contribution in [0.25, 0.3) is 50.1 Å². The van der Waals surface area contributed by atoms with Crippen molar-refractivity contribution in [1.29, 1.82) is 0 Å². The standard InChI is InChI=1S/C67H55N/c1-7-19-44(8-2)46-30-34-50(35-31-46)68(51-23-18-22-47(40-51)45-20-10-9-11-21-45)52-36-39-58-55-26-14-17-29-61(55)67(64(58)43-52,48-32-37-56-53-24-12-15-27-59(53)65(3,4)62(56)41-48)49-33-38-57-54-25-13-16-28-60(54)66(5,6)63(57)42-49/h7-43H,1-6H3. The first-order valence-electron chi connectivity index (χ1n) is 24.2. The van der Waals surface area contributed by atoms with E-state index in [1.807, 2.05) is 0 Å². The number of hydrogen-bond donors (Lipinski definition) is 0. The molecule has 1 nitrogen and oxygen atoms in total. The number of anilines is 3. The summed E-state index contributed by atoms with van der Waals surface area (Å²) >= 11 is 0. The Balaban J connectivity index is 1.13. The van der Waals surface area contributed by atoms with Crippen LogP contribution in [0.15, 0.2) is 224 Å². The third kappa shape index (κ3) is 6.08. The van der Waals surface area contributed by atoms with Gasteiger partial charge in [0.2, 0.25) is 0 Å². The summed E-state index contributed by atoms with van der Waals surface area (Å²) in [5, 5.41) is 0. The molecule has 0 bridgehead atoms. The molecule has 3 aliphatic carbocycles. The summed E-state index contributed by atoms with van der Waals surface area (Å²) in [6, 6.07) is 78.3. The summed E-state index contributed by atoms with van der Waals surface area (Å²) < 4.78 is 0. The minimum absolute atomic E-state index is 0.167. The lowest BCUT2D eigenvalue weighted by atomic mass is 9.65. The minimum Gasteiger partial charge on any atom is -0.310 e. The molecule has 0 aliphatic heterocycles. The summed E-state index contributed by atoms with van der Waals surface area (Å²) in [6.07, 6.45) is 6.48. The van der Waals surface area contributed by atoms with E-state index in [0.29, 0.717) is 0 Å². The average Bonchev–Trinajstić information content (AvgIpc) is 3.90. The van der Waals surface area contributed by atoms with Crippen LogP contribution < -0.4 is 4.90 Å². The predicted octanol–water partition coefficient (Wildman–Crippen LogP) is 17.8. The van der Waals surface area contributed by atoms with Crippen molar-refractivity contribution in [2.75, 3.05) is 4.90 Å². The van der Waals surface area contributed by atoms with Crippen molar-refractivity contribution in [2.24, 2.45) is 0 Å². The van der Waals surface area contributed by atoms with Gasteiger partial charge in [-0.05, 0) is 150 Å². The maximum atomic E-state index is 2.57. The molecule has 0 N–H and O–H groups in total. The topological polar surface area (TPSA) is 3.24 Å². The largest absolute Gasteiger partial charge is 0.310 e. The molecule has 0 fully saturated rings. The zero-order valence-corrected chi connectivity index (χ0v) is 39.8. The lowest BCUT2D eigenvalue weighted by Gasteiger charge is -2.37. The van der Waals surface area contributed by atoms with Crippen LogP contribution in [0, 0.1) is 0 Å². The Bertz CT molecular complexity index is 3420. The molecular formula is C67H55N. The molecule has 0 saturated heterocycles. The highest BCUT2D eigenvalue weighted by Crippen LogP contribution is 2.60. The van der Waals surface area contributed by atoms with Gasteiger partial charge in [-0.15, -0.1) is 0 Å². The second-order valence-electron chi connectivity index (χ2n) is 19.9. The van der Waals surface area contributed by atoms with Gasteiger partial charge in [-0.2, -0.15) is 0 Å². The van der Waals surface area contributed by atoms with Gasteiger partial charge in [0, 0.05) is 27.9 Å². The first kappa shape index (κ1) is 41.7. The fraction of sp³-hybridized carbons (Fsp3) is 0.134. The van der Waals surface area contributed by atoms with Crippen molar-refractivity contribution in [1.82, 2.24) is 0 Å². The highest BCUT2D eigenvalue weighted by Gasteiger charge is 2.49. The average molecular weight is 874 g/mol. The summed E-state index contributed by atoms with van der Waals surface area (Å²) in [5.41, 5.74) is 25.7. The number of rotatable bonds is 8. The molecule has 0 amide bonds. The second-order valence-corrected chi connectivity index (χ2v) is 19.9. The van der Waals surface area contributed by atoms with Crippen LogP contribution in [0.2, 0.25) is 0 Å². The van der Waals surface area contributed by atoms with E-state index in [1.54, 1.807) is 0 Å². The summed E-state index contributed by atoms with van der Waals surface area (Å²) in [7, 11) is 0. The monoisotopic (exact) mass is 873 g/mol. The molecule has 12 rings (SSSR count). The van der Waals surface area contributed by atoms with E-state index in [9.17, 15) is 0 Å². The van der Waals surface area contributed by atoms with Crippen LogP contribution in [0.3, 0.4) is 0 Å². The Labute approximate surface area is 402 Å². The molecule has 0 saturated carbocycles. The van der Waals surface area contributed by atoms with Crippen LogP contribution in [0.1, 0.15) is 91.6 Å². The van der Waals surface area contributed by atoms with Gasteiger partial charge in [-0.3, -0.25) is 0 Å². The zero-order valence-electron chi connectivity index (χ0n) is 39.8. The number of allylic oxidation sites excluding steroid dienone is 4. The van der Waals surface area contributed by atoms with Crippen LogP contribution in [0.4, 0.5) is 17.1 Å². The highest BCUT2D eigenvalue weighted by atomic mass is 15.1. The molecule has 1 heteroatoms. The number of nitrogens with zero attached hydrogens (tertiary/aromatic N) is 1. The van der Waals surface area contributed by atoms with Crippen molar-refractivity contribution in [3.63, 3.8) is 0 Å². The summed E-state index contributed by atoms with van der Waals surface area (Å²) in [5.74, 6) is 0. The van der Waals surface area contributed by atoms with E-state index in [4.69, 9.17) is 0 Å². The Morgan fingerprint density at radius 3 is 1.43 bits per heavy atom. The van der Waals surface area contributed by atoms with Crippen LogP contribution in [-0.2, 0) is 16.2 Å². The number of benzene rings is 9. The minimum atomic E-state index is -0.642. The van der Waals surface area contributed by atoms with E-state index in [1.165, 1.54) is 100 Å². The molecule has 0 aromatic heterocycles. The quantitative estimate of drug-likeness (QED) is 0.138.